The van der Waals surface area contributed by atoms with Crippen LogP contribution in [0.2, 0.25) is 0 Å². The van der Waals surface area contributed by atoms with Gasteiger partial charge in [0.1, 0.15) is 11.5 Å². The number of ether oxygens (including phenoxy) is 1. The summed E-state index contributed by atoms with van der Waals surface area (Å²) in [7, 11) is 0. The number of halogens is 1. The van der Waals surface area contributed by atoms with E-state index in [1.807, 2.05) is 60.7 Å². The van der Waals surface area contributed by atoms with Crippen LogP contribution in [0.1, 0.15) is 21.5 Å². The maximum Gasteiger partial charge on any atom is 0.257 e. The number of carbonyl (C=O) groups is 1. The summed E-state index contributed by atoms with van der Waals surface area (Å²) in [5.41, 5.74) is 3.34. The number of nitrogens with zero attached hydrogens (tertiary/aromatic N) is 3. The Morgan fingerprint density at radius 2 is 1.54 bits per heavy atom. The first-order valence-corrected chi connectivity index (χ1v) is 11.6. The van der Waals surface area contributed by atoms with Crippen molar-refractivity contribution in [2.24, 2.45) is 0 Å². The van der Waals surface area contributed by atoms with Gasteiger partial charge in [0.15, 0.2) is 0 Å². The fraction of sp³-hybridized carbons (Fsp3) is 0.214. The van der Waals surface area contributed by atoms with Crippen molar-refractivity contribution in [2.45, 2.75) is 13.1 Å². The van der Waals surface area contributed by atoms with E-state index < -0.39 is 5.82 Å². The van der Waals surface area contributed by atoms with E-state index in [1.165, 1.54) is 12.1 Å². The van der Waals surface area contributed by atoms with Gasteiger partial charge in [-0.25, -0.2) is 4.39 Å². The van der Waals surface area contributed by atoms with Gasteiger partial charge in [0.25, 0.3) is 5.91 Å². The molecule has 3 aromatic carbocycles. The molecule has 178 valence electrons. The first-order chi connectivity index (χ1) is 17.2. The molecule has 1 aliphatic rings. The molecule has 1 aromatic heterocycles. The normalized spacial score (nSPS) is 13.6. The molecular formula is C28H26FN3O3. The Morgan fingerprint density at radius 1 is 0.886 bits per heavy atom. The largest absolute Gasteiger partial charge is 0.378 e. The molecule has 0 spiro atoms. The molecule has 1 fully saturated rings. The number of hydrogen-bond donors (Lipinski definition) is 0. The highest BCUT2D eigenvalue weighted by atomic mass is 19.1. The number of rotatable bonds is 7. The van der Waals surface area contributed by atoms with Crippen LogP contribution in [0.25, 0.3) is 11.3 Å². The molecule has 4 aromatic rings. The van der Waals surface area contributed by atoms with Crippen molar-refractivity contribution in [2.75, 3.05) is 31.2 Å². The predicted octanol–water partition coefficient (Wildman–Crippen LogP) is 5.16. The Labute approximate surface area is 203 Å². The Morgan fingerprint density at radius 3 is 2.26 bits per heavy atom. The fourth-order valence-electron chi connectivity index (χ4n) is 4.28. The third kappa shape index (κ3) is 5.10. The molecule has 0 unspecified atom stereocenters. The smallest absolute Gasteiger partial charge is 0.257 e. The standard InChI is InChI=1S/C28H26FN3O3/c29-25-14-8-7-13-23(25)27(33)32(19-21-9-3-1-4-10-21)20-24-26(22-11-5-2-6-12-22)30-35-28(24)31-15-17-34-18-16-31/h1-14H,15-20H2. The minimum absolute atomic E-state index is 0.0362. The van der Waals surface area contributed by atoms with E-state index in [9.17, 15) is 9.18 Å². The second-order valence-corrected chi connectivity index (χ2v) is 8.41. The maximum atomic E-state index is 14.6. The Bertz CT molecular complexity index is 1270. The lowest BCUT2D eigenvalue weighted by Gasteiger charge is -2.28. The van der Waals surface area contributed by atoms with Gasteiger partial charge in [-0.05, 0) is 17.7 Å². The molecule has 1 saturated heterocycles. The molecule has 0 radical (unpaired) electrons. The third-order valence-corrected chi connectivity index (χ3v) is 6.07. The third-order valence-electron chi connectivity index (χ3n) is 6.07. The van der Waals surface area contributed by atoms with Crippen molar-refractivity contribution in [1.29, 1.82) is 0 Å². The summed E-state index contributed by atoms with van der Waals surface area (Å²) in [6.45, 7) is 3.02. The number of morpholine rings is 1. The summed E-state index contributed by atoms with van der Waals surface area (Å²) < 4.78 is 26.0. The minimum Gasteiger partial charge on any atom is -0.378 e. The fourth-order valence-corrected chi connectivity index (χ4v) is 4.28. The zero-order valence-electron chi connectivity index (χ0n) is 19.3. The lowest BCUT2D eigenvalue weighted by atomic mass is 10.1. The zero-order chi connectivity index (χ0) is 24.0. The second kappa shape index (κ2) is 10.5. The Hall–Kier alpha value is -3.97. The number of aromatic nitrogens is 1. The number of benzene rings is 3. The molecule has 0 aliphatic carbocycles. The van der Waals surface area contributed by atoms with Crippen LogP contribution in [0.15, 0.2) is 89.5 Å². The molecule has 1 aliphatic heterocycles. The van der Waals surface area contributed by atoms with Crippen molar-refractivity contribution in [3.63, 3.8) is 0 Å². The first kappa shape index (κ1) is 22.8. The van der Waals surface area contributed by atoms with E-state index in [0.29, 0.717) is 44.4 Å². The highest BCUT2D eigenvalue weighted by Crippen LogP contribution is 2.33. The van der Waals surface area contributed by atoms with Crippen LogP contribution in [0.4, 0.5) is 10.3 Å². The maximum absolute atomic E-state index is 14.6. The first-order valence-electron chi connectivity index (χ1n) is 11.6. The SMILES string of the molecule is O=C(c1ccccc1F)N(Cc1ccccc1)Cc1c(-c2ccccc2)noc1N1CCOCC1. The average molecular weight is 472 g/mol. The average Bonchev–Trinajstić information content (AvgIpc) is 3.33. The molecular weight excluding hydrogens is 445 g/mol. The van der Waals surface area contributed by atoms with Crippen LogP contribution in [-0.2, 0) is 17.8 Å². The van der Waals surface area contributed by atoms with E-state index in [-0.39, 0.29) is 18.0 Å². The molecule has 35 heavy (non-hydrogen) atoms. The van der Waals surface area contributed by atoms with Crippen molar-refractivity contribution < 1.29 is 18.4 Å². The molecule has 6 nitrogen and oxygen atoms in total. The summed E-state index contributed by atoms with van der Waals surface area (Å²) in [5, 5.41) is 4.40. The Balaban J connectivity index is 1.56. The van der Waals surface area contributed by atoms with Crippen LogP contribution < -0.4 is 4.90 Å². The van der Waals surface area contributed by atoms with Gasteiger partial charge in [-0.3, -0.25) is 4.79 Å². The van der Waals surface area contributed by atoms with Gasteiger partial charge in [0.2, 0.25) is 5.88 Å². The number of hydrogen-bond acceptors (Lipinski definition) is 5. The lowest BCUT2D eigenvalue weighted by Crippen LogP contribution is -2.37. The van der Waals surface area contributed by atoms with Gasteiger partial charge < -0.3 is 19.1 Å². The highest BCUT2D eigenvalue weighted by molar-refractivity contribution is 5.94. The molecule has 2 heterocycles. The van der Waals surface area contributed by atoms with Crippen molar-refractivity contribution in [3.05, 3.63) is 107 Å². The van der Waals surface area contributed by atoms with Crippen LogP contribution in [0, 0.1) is 5.82 Å². The topological polar surface area (TPSA) is 58.8 Å². The van der Waals surface area contributed by atoms with Crippen molar-refractivity contribution >= 4 is 11.8 Å². The Kier molecular flexibility index (Phi) is 6.86. The molecule has 0 N–H and O–H groups in total. The van der Waals surface area contributed by atoms with Gasteiger partial charge in [-0.15, -0.1) is 0 Å². The molecule has 1 amide bonds. The molecule has 0 atom stereocenters. The quantitative estimate of drug-likeness (QED) is 0.373. The minimum atomic E-state index is -0.544. The molecule has 0 saturated carbocycles. The summed E-state index contributed by atoms with van der Waals surface area (Å²) >= 11 is 0. The van der Waals surface area contributed by atoms with Gasteiger partial charge in [0.05, 0.1) is 30.9 Å². The monoisotopic (exact) mass is 471 g/mol. The van der Waals surface area contributed by atoms with Crippen LogP contribution in [0.3, 0.4) is 0 Å². The summed E-state index contributed by atoms with van der Waals surface area (Å²) in [6.07, 6.45) is 0. The predicted molar refractivity (Wildman–Crippen MR) is 131 cm³/mol. The number of carbonyl (C=O) groups excluding carboxylic acids is 1. The van der Waals surface area contributed by atoms with Gasteiger partial charge in [-0.2, -0.15) is 0 Å². The van der Waals surface area contributed by atoms with E-state index in [0.717, 1.165) is 16.7 Å². The molecule has 7 heteroatoms. The van der Waals surface area contributed by atoms with E-state index in [1.54, 1.807) is 17.0 Å². The van der Waals surface area contributed by atoms with Crippen LogP contribution in [0.5, 0.6) is 0 Å². The van der Waals surface area contributed by atoms with Gasteiger partial charge in [0, 0.05) is 25.2 Å². The summed E-state index contributed by atoms with van der Waals surface area (Å²) in [4.78, 5) is 17.4. The van der Waals surface area contributed by atoms with E-state index in [2.05, 4.69) is 10.1 Å². The van der Waals surface area contributed by atoms with Crippen molar-refractivity contribution in [1.82, 2.24) is 10.1 Å². The lowest BCUT2D eigenvalue weighted by molar-refractivity contribution is 0.0725. The van der Waals surface area contributed by atoms with Crippen molar-refractivity contribution in [3.8, 4) is 11.3 Å². The van der Waals surface area contributed by atoms with E-state index >= 15 is 0 Å². The van der Waals surface area contributed by atoms with Crippen LogP contribution in [-0.4, -0.2) is 42.3 Å². The van der Waals surface area contributed by atoms with Gasteiger partial charge >= 0.3 is 0 Å². The van der Waals surface area contributed by atoms with E-state index in [4.69, 9.17) is 9.26 Å². The highest BCUT2D eigenvalue weighted by Gasteiger charge is 2.28. The summed E-state index contributed by atoms with van der Waals surface area (Å²) in [5.74, 6) is -0.316. The van der Waals surface area contributed by atoms with Crippen LogP contribution >= 0.6 is 0 Å². The van der Waals surface area contributed by atoms with Gasteiger partial charge in [-0.1, -0.05) is 78.0 Å². The molecule has 0 bridgehead atoms. The summed E-state index contributed by atoms with van der Waals surface area (Å²) in [6, 6.07) is 25.5. The second-order valence-electron chi connectivity index (χ2n) is 8.41. The number of anilines is 1. The number of amides is 1. The zero-order valence-corrected chi connectivity index (χ0v) is 19.3. The molecule has 5 rings (SSSR count).